The highest BCUT2D eigenvalue weighted by Crippen LogP contribution is 2.27. The zero-order chi connectivity index (χ0) is 15.0. The molecule has 0 saturated carbocycles. The van der Waals surface area contributed by atoms with Crippen molar-refractivity contribution in [3.8, 4) is 0 Å². The zero-order valence-electron chi connectivity index (χ0n) is 11.0. The van der Waals surface area contributed by atoms with Gasteiger partial charge in [0.1, 0.15) is 4.90 Å². The van der Waals surface area contributed by atoms with Gasteiger partial charge in [0.2, 0.25) is 10.0 Å². The predicted molar refractivity (Wildman–Crippen MR) is 77.0 cm³/mol. The molecular formula is C11H17NO5S3. The van der Waals surface area contributed by atoms with Crippen molar-refractivity contribution >= 4 is 31.2 Å². The smallest absolute Gasteiger partial charge is 0.242 e. The second-order valence-electron chi connectivity index (χ2n) is 4.90. The number of sulfone groups is 1. The molecule has 2 heterocycles. The van der Waals surface area contributed by atoms with Gasteiger partial charge in [-0.05, 0) is 30.7 Å². The first kappa shape index (κ1) is 15.9. The van der Waals surface area contributed by atoms with Crippen LogP contribution in [0.1, 0.15) is 23.3 Å². The summed E-state index contributed by atoms with van der Waals surface area (Å²) in [5.74, 6) is -0.0472. The fourth-order valence-electron chi connectivity index (χ4n) is 2.35. The summed E-state index contributed by atoms with van der Waals surface area (Å²) in [5, 5.41) is 10.9. The van der Waals surface area contributed by atoms with E-state index < -0.39 is 25.9 Å². The topological polar surface area (TPSA) is 101 Å². The Balaban J connectivity index is 2.25. The summed E-state index contributed by atoms with van der Waals surface area (Å²) in [4.78, 5) is 0.446. The highest BCUT2D eigenvalue weighted by molar-refractivity contribution is 7.91. The number of aliphatic hydroxyl groups excluding tert-OH is 1. The van der Waals surface area contributed by atoms with Gasteiger partial charge < -0.3 is 5.11 Å². The highest BCUT2D eigenvalue weighted by atomic mass is 32.2. The van der Waals surface area contributed by atoms with Gasteiger partial charge in [0.05, 0.1) is 23.0 Å². The molecule has 0 spiro atoms. The van der Waals surface area contributed by atoms with Crippen molar-refractivity contribution in [1.82, 2.24) is 4.72 Å². The Kier molecular flexibility index (Phi) is 4.55. The van der Waals surface area contributed by atoms with Crippen molar-refractivity contribution < 1.29 is 21.9 Å². The van der Waals surface area contributed by atoms with Gasteiger partial charge in [0.25, 0.3) is 0 Å². The summed E-state index contributed by atoms with van der Waals surface area (Å²) in [6.07, 6.45) is 0.973. The molecule has 0 amide bonds. The van der Waals surface area contributed by atoms with Crippen LogP contribution in [0.25, 0.3) is 0 Å². The molecule has 0 aromatic carbocycles. The minimum absolute atomic E-state index is 0.0768. The Labute approximate surface area is 122 Å². The van der Waals surface area contributed by atoms with Gasteiger partial charge in [-0.2, -0.15) is 0 Å². The molecule has 1 aromatic heterocycles. The first-order chi connectivity index (χ1) is 9.25. The molecule has 1 aliphatic rings. The second-order valence-corrected chi connectivity index (χ2v) is 9.75. The number of nitrogens with one attached hydrogen (secondary N) is 1. The van der Waals surface area contributed by atoms with Crippen LogP contribution in [0.4, 0.5) is 0 Å². The van der Waals surface area contributed by atoms with Crippen LogP contribution in [-0.4, -0.2) is 39.5 Å². The molecule has 0 bridgehead atoms. The van der Waals surface area contributed by atoms with Crippen LogP contribution in [0.2, 0.25) is 0 Å². The van der Waals surface area contributed by atoms with Crippen molar-refractivity contribution in [2.75, 3.05) is 11.5 Å². The van der Waals surface area contributed by atoms with E-state index in [1.807, 2.05) is 0 Å². The predicted octanol–water partition coefficient (Wildman–Crippen LogP) is 0.404. The summed E-state index contributed by atoms with van der Waals surface area (Å²) >= 11 is 1.18. The third-order valence-corrected chi connectivity index (χ3v) is 7.98. The summed E-state index contributed by atoms with van der Waals surface area (Å²) in [5.41, 5.74) is 0.560. The standard InChI is InChI=1S/C11H17NO5S3/c1-8-6-18-10(5-13)11(8)20(16,17)12-9-3-2-4-19(14,15)7-9/h6,9,12-13H,2-5,7H2,1H3. The van der Waals surface area contributed by atoms with E-state index in [0.29, 0.717) is 23.3 Å². The molecule has 9 heteroatoms. The second kappa shape index (κ2) is 5.72. The van der Waals surface area contributed by atoms with E-state index >= 15 is 0 Å². The Morgan fingerprint density at radius 3 is 2.80 bits per heavy atom. The largest absolute Gasteiger partial charge is 0.391 e. The van der Waals surface area contributed by atoms with Crippen LogP contribution in [0.5, 0.6) is 0 Å². The van der Waals surface area contributed by atoms with Crippen molar-refractivity contribution in [2.24, 2.45) is 0 Å². The fourth-order valence-corrected chi connectivity index (χ4v) is 7.03. The number of aryl methyl sites for hydroxylation is 1. The highest BCUT2D eigenvalue weighted by Gasteiger charge is 2.30. The molecule has 1 fully saturated rings. The van der Waals surface area contributed by atoms with Crippen LogP contribution in [-0.2, 0) is 26.5 Å². The minimum atomic E-state index is -3.80. The zero-order valence-corrected chi connectivity index (χ0v) is 13.4. The summed E-state index contributed by atoms with van der Waals surface area (Å²) in [6, 6.07) is -0.593. The number of rotatable bonds is 4. The van der Waals surface area contributed by atoms with E-state index in [0.717, 1.165) is 0 Å². The molecule has 1 atom stereocenters. The van der Waals surface area contributed by atoms with Gasteiger partial charge in [-0.15, -0.1) is 11.3 Å². The first-order valence-electron chi connectivity index (χ1n) is 6.16. The molecule has 2 rings (SSSR count). The molecule has 1 unspecified atom stereocenters. The molecule has 2 N–H and O–H groups in total. The normalized spacial score (nSPS) is 22.8. The van der Waals surface area contributed by atoms with Gasteiger partial charge in [0.15, 0.2) is 9.84 Å². The molecule has 1 saturated heterocycles. The molecule has 1 aliphatic heterocycles. The Bertz CT molecular complexity index is 690. The van der Waals surface area contributed by atoms with E-state index in [4.69, 9.17) is 0 Å². The van der Waals surface area contributed by atoms with Crippen LogP contribution >= 0.6 is 11.3 Å². The summed E-state index contributed by atoms with van der Waals surface area (Å²) in [6.45, 7) is 1.31. The average Bonchev–Trinajstić information content (AvgIpc) is 2.69. The Hall–Kier alpha value is -0.480. The van der Waals surface area contributed by atoms with E-state index in [-0.39, 0.29) is 23.0 Å². The number of aliphatic hydroxyl groups is 1. The number of sulfonamides is 1. The maximum absolute atomic E-state index is 12.4. The third kappa shape index (κ3) is 3.40. The third-order valence-electron chi connectivity index (χ3n) is 3.19. The average molecular weight is 339 g/mol. The van der Waals surface area contributed by atoms with Gasteiger partial charge >= 0.3 is 0 Å². The van der Waals surface area contributed by atoms with Gasteiger partial charge in [-0.25, -0.2) is 21.6 Å². The number of hydrogen-bond acceptors (Lipinski definition) is 6. The first-order valence-corrected chi connectivity index (χ1v) is 10.3. The molecule has 20 heavy (non-hydrogen) atoms. The molecule has 6 nitrogen and oxygen atoms in total. The minimum Gasteiger partial charge on any atom is -0.391 e. The lowest BCUT2D eigenvalue weighted by Gasteiger charge is -2.23. The van der Waals surface area contributed by atoms with E-state index in [9.17, 15) is 21.9 Å². The molecular weight excluding hydrogens is 322 g/mol. The quantitative estimate of drug-likeness (QED) is 0.827. The number of hydrogen-bond donors (Lipinski definition) is 2. The van der Waals surface area contributed by atoms with Crippen LogP contribution in [0.3, 0.4) is 0 Å². The van der Waals surface area contributed by atoms with Crippen LogP contribution in [0, 0.1) is 6.92 Å². The van der Waals surface area contributed by atoms with Gasteiger partial charge in [-0.3, -0.25) is 0 Å². The van der Waals surface area contributed by atoms with E-state index in [2.05, 4.69) is 4.72 Å². The lowest BCUT2D eigenvalue weighted by Crippen LogP contribution is -2.43. The maximum atomic E-state index is 12.4. The van der Waals surface area contributed by atoms with Crippen molar-refractivity contribution in [2.45, 2.75) is 37.3 Å². The SMILES string of the molecule is Cc1csc(CO)c1S(=O)(=O)NC1CCCS(=O)(=O)C1. The summed E-state index contributed by atoms with van der Waals surface area (Å²) in [7, 11) is -6.98. The lowest BCUT2D eigenvalue weighted by atomic mass is 10.2. The van der Waals surface area contributed by atoms with Crippen LogP contribution < -0.4 is 4.72 Å². The van der Waals surface area contributed by atoms with Crippen molar-refractivity contribution in [3.63, 3.8) is 0 Å². The summed E-state index contributed by atoms with van der Waals surface area (Å²) < 4.78 is 50.3. The van der Waals surface area contributed by atoms with E-state index in [1.165, 1.54) is 11.3 Å². The van der Waals surface area contributed by atoms with Crippen molar-refractivity contribution in [3.05, 3.63) is 15.8 Å². The molecule has 0 aliphatic carbocycles. The maximum Gasteiger partial charge on any atom is 0.242 e. The van der Waals surface area contributed by atoms with Gasteiger partial charge in [0, 0.05) is 6.04 Å². The number of thiophene rings is 1. The Morgan fingerprint density at radius 2 is 2.20 bits per heavy atom. The lowest BCUT2D eigenvalue weighted by molar-refractivity contribution is 0.282. The van der Waals surface area contributed by atoms with E-state index in [1.54, 1.807) is 12.3 Å². The van der Waals surface area contributed by atoms with Crippen molar-refractivity contribution in [1.29, 1.82) is 0 Å². The fraction of sp³-hybridized carbons (Fsp3) is 0.636. The van der Waals surface area contributed by atoms with Crippen LogP contribution in [0.15, 0.2) is 10.3 Å². The Morgan fingerprint density at radius 1 is 1.50 bits per heavy atom. The molecule has 114 valence electrons. The molecule has 1 aromatic rings. The molecule has 0 radical (unpaired) electrons. The monoisotopic (exact) mass is 339 g/mol. The van der Waals surface area contributed by atoms with Gasteiger partial charge in [-0.1, -0.05) is 0 Å².